The zero-order valence-electron chi connectivity index (χ0n) is 11.0. The fourth-order valence-electron chi connectivity index (χ4n) is 2.40. The molecule has 16 heavy (non-hydrogen) atoms. The largest absolute Gasteiger partial charge is 0.381 e. The van der Waals surface area contributed by atoms with Crippen LogP contribution < -0.4 is 0 Å². The minimum Gasteiger partial charge on any atom is -0.381 e. The highest BCUT2D eigenvalue weighted by molar-refractivity contribution is 5.81. The smallest absolute Gasteiger partial charge is 0.136 e. The van der Waals surface area contributed by atoms with Gasteiger partial charge in [0.05, 0.1) is 0 Å². The van der Waals surface area contributed by atoms with Crippen molar-refractivity contribution < 1.29 is 9.53 Å². The van der Waals surface area contributed by atoms with Gasteiger partial charge in [-0.3, -0.25) is 4.79 Å². The fourth-order valence-corrected chi connectivity index (χ4v) is 2.40. The Morgan fingerprint density at radius 2 is 2.19 bits per heavy atom. The van der Waals surface area contributed by atoms with Crippen molar-refractivity contribution in [3.63, 3.8) is 0 Å². The van der Waals surface area contributed by atoms with E-state index in [2.05, 4.69) is 20.8 Å². The first-order valence-electron chi connectivity index (χ1n) is 6.74. The van der Waals surface area contributed by atoms with Crippen LogP contribution in [0.4, 0.5) is 0 Å². The lowest BCUT2D eigenvalue weighted by atomic mass is 9.78. The summed E-state index contributed by atoms with van der Waals surface area (Å²) in [7, 11) is 0. The second-order valence-corrected chi connectivity index (χ2v) is 5.47. The Bertz CT molecular complexity index is 211. The predicted octanol–water partition coefficient (Wildman–Crippen LogP) is 3.44. The number of ether oxygens (including phenoxy) is 1. The van der Waals surface area contributed by atoms with Crippen LogP contribution in [-0.2, 0) is 9.53 Å². The molecular formula is C14H26O2. The molecule has 0 aromatic heterocycles. The number of rotatable bonds is 6. The van der Waals surface area contributed by atoms with E-state index in [1.165, 1.54) is 6.42 Å². The van der Waals surface area contributed by atoms with E-state index in [0.717, 1.165) is 44.8 Å². The molecule has 0 N–H and O–H groups in total. The lowest BCUT2D eigenvalue weighted by molar-refractivity contribution is -0.126. The average molecular weight is 226 g/mol. The van der Waals surface area contributed by atoms with Crippen LogP contribution in [0, 0.1) is 17.8 Å². The summed E-state index contributed by atoms with van der Waals surface area (Å²) < 4.78 is 5.56. The molecule has 0 radical (unpaired) electrons. The van der Waals surface area contributed by atoms with Crippen molar-refractivity contribution >= 4 is 5.78 Å². The molecule has 0 aromatic carbocycles. The summed E-state index contributed by atoms with van der Waals surface area (Å²) in [4.78, 5) is 11.7. The maximum atomic E-state index is 11.7. The van der Waals surface area contributed by atoms with Gasteiger partial charge in [0.1, 0.15) is 5.78 Å². The predicted molar refractivity (Wildman–Crippen MR) is 66.4 cm³/mol. The molecule has 1 aliphatic rings. The zero-order valence-corrected chi connectivity index (χ0v) is 11.0. The molecule has 94 valence electrons. The summed E-state index contributed by atoms with van der Waals surface area (Å²) in [6.07, 6.45) is 5.16. The van der Waals surface area contributed by atoms with Crippen molar-refractivity contribution in [2.24, 2.45) is 17.8 Å². The Hall–Kier alpha value is -0.370. The van der Waals surface area contributed by atoms with Gasteiger partial charge < -0.3 is 4.74 Å². The molecule has 2 atom stereocenters. The zero-order chi connectivity index (χ0) is 12.0. The number of carbonyl (C=O) groups is 1. The highest BCUT2D eigenvalue weighted by Gasteiger charge is 2.27. The molecule has 1 aliphatic carbocycles. The van der Waals surface area contributed by atoms with Crippen LogP contribution in [-0.4, -0.2) is 19.0 Å². The summed E-state index contributed by atoms with van der Waals surface area (Å²) in [5.41, 5.74) is 0. The SMILES string of the molecule is CCC1CCC(=O)C(CCOCC(C)C)C1. The summed E-state index contributed by atoms with van der Waals surface area (Å²) in [5, 5.41) is 0. The first-order valence-corrected chi connectivity index (χ1v) is 6.74. The van der Waals surface area contributed by atoms with Crippen LogP contribution >= 0.6 is 0 Å². The van der Waals surface area contributed by atoms with E-state index in [4.69, 9.17) is 4.74 Å². The molecule has 1 fully saturated rings. The Labute approximate surface area is 99.8 Å². The molecule has 2 nitrogen and oxygen atoms in total. The Balaban J connectivity index is 2.21. The lowest BCUT2D eigenvalue weighted by Crippen LogP contribution is -2.26. The number of hydrogen-bond donors (Lipinski definition) is 0. The monoisotopic (exact) mass is 226 g/mol. The van der Waals surface area contributed by atoms with Crippen LogP contribution in [0.1, 0.15) is 52.9 Å². The number of hydrogen-bond acceptors (Lipinski definition) is 2. The number of carbonyl (C=O) groups excluding carboxylic acids is 1. The summed E-state index contributed by atoms with van der Waals surface area (Å²) >= 11 is 0. The minimum atomic E-state index is 0.283. The van der Waals surface area contributed by atoms with Gasteiger partial charge in [-0.2, -0.15) is 0 Å². The van der Waals surface area contributed by atoms with Crippen molar-refractivity contribution in [3.05, 3.63) is 0 Å². The maximum absolute atomic E-state index is 11.7. The van der Waals surface area contributed by atoms with Crippen LogP contribution in [0.3, 0.4) is 0 Å². The van der Waals surface area contributed by atoms with Gasteiger partial charge in [0.2, 0.25) is 0 Å². The van der Waals surface area contributed by atoms with E-state index in [-0.39, 0.29) is 5.92 Å². The van der Waals surface area contributed by atoms with E-state index in [1.807, 2.05) is 0 Å². The summed E-state index contributed by atoms with van der Waals surface area (Å²) in [6.45, 7) is 8.10. The summed E-state index contributed by atoms with van der Waals surface area (Å²) in [5.74, 6) is 2.11. The van der Waals surface area contributed by atoms with Gasteiger partial charge in [0.25, 0.3) is 0 Å². The van der Waals surface area contributed by atoms with Crippen molar-refractivity contribution in [3.8, 4) is 0 Å². The third-order valence-electron chi connectivity index (χ3n) is 3.51. The third-order valence-corrected chi connectivity index (χ3v) is 3.51. The first kappa shape index (κ1) is 13.7. The van der Waals surface area contributed by atoms with E-state index in [0.29, 0.717) is 11.7 Å². The molecule has 2 heteroatoms. The molecule has 0 saturated heterocycles. The van der Waals surface area contributed by atoms with Gasteiger partial charge in [-0.05, 0) is 31.1 Å². The topological polar surface area (TPSA) is 26.3 Å². The Morgan fingerprint density at radius 3 is 2.81 bits per heavy atom. The lowest BCUT2D eigenvalue weighted by Gasteiger charge is -2.27. The van der Waals surface area contributed by atoms with Gasteiger partial charge in [-0.15, -0.1) is 0 Å². The second kappa shape index (κ2) is 7.05. The fraction of sp³-hybridized carbons (Fsp3) is 0.929. The molecule has 1 saturated carbocycles. The van der Waals surface area contributed by atoms with Gasteiger partial charge in [0, 0.05) is 25.6 Å². The van der Waals surface area contributed by atoms with Crippen molar-refractivity contribution in [2.45, 2.75) is 52.9 Å². The Kier molecular flexibility index (Phi) is 6.04. The molecule has 0 bridgehead atoms. The van der Waals surface area contributed by atoms with Gasteiger partial charge in [-0.1, -0.05) is 27.2 Å². The summed E-state index contributed by atoms with van der Waals surface area (Å²) in [6, 6.07) is 0. The molecule has 2 unspecified atom stereocenters. The maximum Gasteiger partial charge on any atom is 0.136 e. The highest BCUT2D eigenvalue weighted by atomic mass is 16.5. The molecule has 0 amide bonds. The van der Waals surface area contributed by atoms with Crippen molar-refractivity contribution in [1.82, 2.24) is 0 Å². The van der Waals surface area contributed by atoms with E-state index >= 15 is 0 Å². The van der Waals surface area contributed by atoms with E-state index in [1.54, 1.807) is 0 Å². The van der Waals surface area contributed by atoms with Crippen molar-refractivity contribution in [1.29, 1.82) is 0 Å². The number of Topliss-reactive ketones (excluding diaryl/α,β-unsaturated/α-hetero) is 1. The van der Waals surface area contributed by atoms with E-state index in [9.17, 15) is 4.79 Å². The molecule has 0 aliphatic heterocycles. The van der Waals surface area contributed by atoms with Crippen LogP contribution in [0.5, 0.6) is 0 Å². The second-order valence-electron chi connectivity index (χ2n) is 5.47. The first-order chi connectivity index (χ1) is 7.63. The third kappa shape index (κ3) is 4.65. The highest BCUT2D eigenvalue weighted by Crippen LogP contribution is 2.30. The van der Waals surface area contributed by atoms with Gasteiger partial charge in [-0.25, -0.2) is 0 Å². The molecular weight excluding hydrogens is 200 g/mol. The van der Waals surface area contributed by atoms with Crippen LogP contribution in [0.2, 0.25) is 0 Å². The quantitative estimate of drug-likeness (QED) is 0.648. The van der Waals surface area contributed by atoms with Crippen LogP contribution in [0.15, 0.2) is 0 Å². The Morgan fingerprint density at radius 1 is 1.44 bits per heavy atom. The molecule has 0 spiro atoms. The molecule has 0 heterocycles. The molecule has 1 rings (SSSR count). The van der Waals surface area contributed by atoms with Crippen LogP contribution in [0.25, 0.3) is 0 Å². The minimum absolute atomic E-state index is 0.283. The molecule has 0 aromatic rings. The van der Waals surface area contributed by atoms with Gasteiger partial charge >= 0.3 is 0 Å². The normalized spacial score (nSPS) is 26.4. The van der Waals surface area contributed by atoms with Gasteiger partial charge in [0.15, 0.2) is 0 Å². The average Bonchev–Trinajstić information content (AvgIpc) is 2.26. The standard InChI is InChI=1S/C14H26O2/c1-4-12-5-6-14(15)13(9-12)7-8-16-10-11(2)3/h11-13H,4-10H2,1-3H3. The van der Waals surface area contributed by atoms with Crippen molar-refractivity contribution in [2.75, 3.05) is 13.2 Å². The van der Waals surface area contributed by atoms with E-state index < -0.39 is 0 Å². The number of ketones is 1.